The van der Waals surface area contributed by atoms with Gasteiger partial charge in [-0.1, -0.05) is 32.1 Å². The van der Waals surface area contributed by atoms with Gasteiger partial charge in [0, 0.05) is 6.54 Å². The number of carbonyl (C=O) groups is 2. The Kier molecular flexibility index (Phi) is 4.48. The van der Waals surface area contributed by atoms with Gasteiger partial charge in [0.2, 0.25) is 11.8 Å². The van der Waals surface area contributed by atoms with Gasteiger partial charge in [-0.15, -0.1) is 0 Å². The number of nitrogens with two attached hydrogens (primary N) is 1. The fourth-order valence-corrected chi connectivity index (χ4v) is 3.72. The molecule has 0 aromatic carbocycles. The smallest absolute Gasteiger partial charge is 0.224 e. The summed E-state index contributed by atoms with van der Waals surface area (Å²) in [6.07, 6.45) is 8.11. The van der Waals surface area contributed by atoms with Crippen LogP contribution in [0.25, 0.3) is 0 Å². The second-order valence-corrected chi connectivity index (χ2v) is 6.21. The van der Waals surface area contributed by atoms with Crippen LogP contribution in [-0.4, -0.2) is 18.4 Å². The van der Waals surface area contributed by atoms with Crippen molar-refractivity contribution >= 4 is 11.8 Å². The maximum Gasteiger partial charge on any atom is 0.224 e. The van der Waals surface area contributed by atoms with Gasteiger partial charge in [0.25, 0.3) is 0 Å². The van der Waals surface area contributed by atoms with E-state index >= 15 is 0 Å². The molecule has 2 fully saturated rings. The van der Waals surface area contributed by atoms with Crippen molar-refractivity contribution in [2.75, 3.05) is 6.54 Å². The Labute approximate surface area is 115 Å². The van der Waals surface area contributed by atoms with Crippen LogP contribution in [0.4, 0.5) is 0 Å². The number of nitrogens with one attached hydrogen (secondary N) is 1. The summed E-state index contributed by atoms with van der Waals surface area (Å²) in [5, 5.41) is 2.91. The molecule has 0 heterocycles. The van der Waals surface area contributed by atoms with Crippen LogP contribution in [0.5, 0.6) is 0 Å². The first-order valence-corrected chi connectivity index (χ1v) is 7.68. The Morgan fingerprint density at radius 3 is 2.32 bits per heavy atom. The summed E-state index contributed by atoms with van der Waals surface area (Å²) in [7, 11) is 0. The quantitative estimate of drug-likeness (QED) is 0.771. The molecule has 0 aromatic heterocycles. The molecular formula is C15H26N2O2. The van der Waals surface area contributed by atoms with Crippen molar-refractivity contribution in [3.63, 3.8) is 0 Å². The van der Waals surface area contributed by atoms with E-state index in [4.69, 9.17) is 5.73 Å². The molecule has 0 aromatic rings. The lowest BCUT2D eigenvalue weighted by Gasteiger charge is -2.38. The van der Waals surface area contributed by atoms with Crippen LogP contribution in [0.3, 0.4) is 0 Å². The van der Waals surface area contributed by atoms with Crippen LogP contribution in [0, 0.1) is 17.3 Å². The Hall–Kier alpha value is -1.06. The zero-order chi connectivity index (χ0) is 13.9. The van der Waals surface area contributed by atoms with Gasteiger partial charge >= 0.3 is 0 Å². The molecule has 1 atom stereocenters. The number of primary amides is 1. The minimum atomic E-state index is -0.575. The van der Waals surface area contributed by atoms with E-state index in [-0.39, 0.29) is 17.7 Å². The third kappa shape index (κ3) is 2.77. The van der Waals surface area contributed by atoms with Crippen molar-refractivity contribution in [1.82, 2.24) is 5.32 Å². The van der Waals surface area contributed by atoms with E-state index in [2.05, 4.69) is 5.32 Å². The Morgan fingerprint density at radius 2 is 1.89 bits per heavy atom. The van der Waals surface area contributed by atoms with Gasteiger partial charge in [0.05, 0.1) is 11.3 Å². The summed E-state index contributed by atoms with van der Waals surface area (Å²) in [5.41, 5.74) is 5.11. The van der Waals surface area contributed by atoms with Gasteiger partial charge < -0.3 is 11.1 Å². The molecule has 4 heteroatoms. The summed E-state index contributed by atoms with van der Waals surface area (Å²) < 4.78 is 0. The second-order valence-electron chi connectivity index (χ2n) is 6.21. The van der Waals surface area contributed by atoms with Crippen LogP contribution >= 0.6 is 0 Å². The summed E-state index contributed by atoms with van der Waals surface area (Å²) in [5.74, 6) is 0.179. The number of amides is 2. The van der Waals surface area contributed by atoms with E-state index in [0.717, 1.165) is 32.1 Å². The molecule has 2 rings (SSSR count). The first-order chi connectivity index (χ1) is 9.10. The highest BCUT2D eigenvalue weighted by atomic mass is 16.2. The summed E-state index contributed by atoms with van der Waals surface area (Å²) in [6, 6.07) is 0. The molecule has 0 aliphatic heterocycles. The molecule has 0 bridgehead atoms. The van der Waals surface area contributed by atoms with Gasteiger partial charge in [-0.05, 0) is 32.1 Å². The lowest BCUT2D eigenvalue weighted by Crippen LogP contribution is -2.49. The highest BCUT2D eigenvalue weighted by Crippen LogP contribution is 2.48. The van der Waals surface area contributed by atoms with Crippen LogP contribution in [0.15, 0.2) is 0 Å². The summed E-state index contributed by atoms with van der Waals surface area (Å²) in [4.78, 5) is 24.4. The first-order valence-electron chi connectivity index (χ1n) is 7.68. The molecule has 0 saturated heterocycles. The largest absolute Gasteiger partial charge is 0.369 e. The molecular weight excluding hydrogens is 240 g/mol. The van der Waals surface area contributed by atoms with E-state index in [0.29, 0.717) is 12.5 Å². The zero-order valence-electron chi connectivity index (χ0n) is 11.9. The maximum atomic E-state index is 12.4. The van der Waals surface area contributed by atoms with Crippen LogP contribution in [-0.2, 0) is 9.59 Å². The Balaban J connectivity index is 2.17. The minimum Gasteiger partial charge on any atom is -0.369 e. The fraction of sp³-hybridized carbons (Fsp3) is 0.867. The highest BCUT2D eigenvalue weighted by Gasteiger charge is 2.50. The van der Waals surface area contributed by atoms with Crippen molar-refractivity contribution in [2.24, 2.45) is 23.0 Å². The van der Waals surface area contributed by atoms with Crippen LogP contribution in [0.2, 0.25) is 0 Å². The van der Waals surface area contributed by atoms with Crippen molar-refractivity contribution in [1.29, 1.82) is 0 Å². The number of hydrogen-bond acceptors (Lipinski definition) is 2. The standard InChI is InChI=1S/C15H26N2O2/c1-2-17-13(18)12(10-11-6-5-7-11)15(14(16)19)8-3-4-9-15/h11-12H,2-10H2,1H3,(H2,16,19)(H,17,18). The lowest BCUT2D eigenvalue weighted by molar-refractivity contribution is -0.141. The topological polar surface area (TPSA) is 72.2 Å². The first kappa shape index (κ1) is 14.4. The minimum absolute atomic E-state index is 0.0371. The molecule has 2 amide bonds. The third-order valence-electron chi connectivity index (χ3n) is 5.11. The van der Waals surface area contributed by atoms with Crippen molar-refractivity contribution in [3.05, 3.63) is 0 Å². The van der Waals surface area contributed by atoms with E-state index in [9.17, 15) is 9.59 Å². The maximum absolute atomic E-state index is 12.4. The monoisotopic (exact) mass is 266 g/mol. The number of hydrogen-bond donors (Lipinski definition) is 2. The second kappa shape index (κ2) is 5.93. The lowest BCUT2D eigenvalue weighted by atomic mass is 9.66. The highest BCUT2D eigenvalue weighted by molar-refractivity contribution is 5.90. The summed E-state index contributed by atoms with van der Waals surface area (Å²) in [6.45, 7) is 2.54. The molecule has 0 radical (unpaired) electrons. The molecule has 3 N–H and O–H groups in total. The van der Waals surface area contributed by atoms with E-state index in [1.807, 2.05) is 6.92 Å². The summed E-state index contributed by atoms with van der Waals surface area (Å²) >= 11 is 0. The van der Waals surface area contributed by atoms with Gasteiger partial charge in [-0.2, -0.15) is 0 Å². The number of rotatable bonds is 6. The Bertz CT molecular complexity index is 344. The third-order valence-corrected chi connectivity index (χ3v) is 5.11. The Morgan fingerprint density at radius 1 is 1.26 bits per heavy atom. The van der Waals surface area contributed by atoms with E-state index in [1.165, 1.54) is 19.3 Å². The van der Waals surface area contributed by atoms with E-state index < -0.39 is 5.41 Å². The van der Waals surface area contributed by atoms with Crippen molar-refractivity contribution in [3.8, 4) is 0 Å². The predicted octanol–water partition coefficient (Wildman–Crippen LogP) is 1.97. The van der Waals surface area contributed by atoms with Crippen molar-refractivity contribution < 1.29 is 9.59 Å². The predicted molar refractivity (Wildman–Crippen MR) is 74.2 cm³/mol. The fourth-order valence-electron chi connectivity index (χ4n) is 3.72. The van der Waals surface area contributed by atoms with Crippen LogP contribution in [0.1, 0.15) is 58.3 Å². The van der Waals surface area contributed by atoms with Crippen LogP contribution < -0.4 is 11.1 Å². The van der Waals surface area contributed by atoms with Gasteiger partial charge in [-0.3, -0.25) is 9.59 Å². The normalized spacial score (nSPS) is 23.6. The number of carbonyl (C=O) groups excluding carboxylic acids is 2. The molecule has 108 valence electrons. The average molecular weight is 266 g/mol. The van der Waals surface area contributed by atoms with Gasteiger partial charge in [0.15, 0.2) is 0 Å². The van der Waals surface area contributed by atoms with Crippen molar-refractivity contribution in [2.45, 2.75) is 58.3 Å². The molecule has 2 aliphatic rings. The van der Waals surface area contributed by atoms with E-state index in [1.54, 1.807) is 0 Å². The molecule has 2 saturated carbocycles. The molecule has 0 spiro atoms. The average Bonchev–Trinajstić information content (AvgIpc) is 2.78. The SMILES string of the molecule is CCNC(=O)C(CC1CCC1)C1(C(N)=O)CCCC1. The zero-order valence-corrected chi connectivity index (χ0v) is 11.9. The molecule has 19 heavy (non-hydrogen) atoms. The molecule has 1 unspecified atom stereocenters. The van der Waals surface area contributed by atoms with Gasteiger partial charge in [-0.25, -0.2) is 0 Å². The van der Waals surface area contributed by atoms with Gasteiger partial charge in [0.1, 0.15) is 0 Å². The molecule has 4 nitrogen and oxygen atoms in total. The molecule has 2 aliphatic carbocycles.